The van der Waals surface area contributed by atoms with E-state index in [-0.39, 0.29) is 0 Å². The molecule has 84 valence electrons. The average Bonchev–Trinajstić information content (AvgIpc) is 2.29. The summed E-state index contributed by atoms with van der Waals surface area (Å²) in [4.78, 5) is 0. The summed E-state index contributed by atoms with van der Waals surface area (Å²) >= 11 is 1.87. The van der Waals surface area contributed by atoms with Gasteiger partial charge in [-0.3, -0.25) is 0 Å². The second-order valence-electron chi connectivity index (χ2n) is 4.06. The van der Waals surface area contributed by atoms with Gasteiger partial charge in [-0.15, -0.1) is 0 Å². The molecule has 1 N–H and O–H groups in total. The molecule has 0 fully saturated rings. The van der Waals surface area contributed by atoms with Crippen LogP contribution in [-0.4, -0.2) is 18.1 Å². The molecule has 0 aliphatic carbocycles. The zero-order chi connectivity index (χ0) is 11.4. The number of benzene rings is 2. The normalized spacial score (nSPS) is 12.6. The van der Waals surface area contributed by atoms with E-state index in [1.807, 2.05) is 11.8 Å². The van der Waals surface area contributed by atoms with Crippen LogP contribution >= 0.6 is 11.8 Å². The molecule has 0 amide bonds. The molecule has 0 bridgehead atoms. The van der Waals surface area contributed by atoms with Crippen LogP contribution in [0.5, 0.6) is 0 Å². The summed E-state index contributed by atoms with van der Waals surface area (Å²) in [5.41, 5.74) is 1.21. The molecular weight excluding hydrogens is 214 g/mol. The molecule has 2 rings (SSSR count). The van der Waals surface area contributed by atoms with Crippen LogP contribution in [0.1, 0.15) is 6.92 Å². The first kappa shape index (κ1) is 11.3. The fourth-order valence-electron chi connectivity index (χ4n) is 1.86. The molecule has 0 aliphatic rings. The Bertz CT molecular complexity index is 467. The van der Waals surface area contributed by atoms with Crippen molar-refractivity contribution in [3.05, 3.63) is 42.5 Å². The summed E-state index contributed by atoms with van der Waals surface area (Å²) in [5, 5.41) is 6.11. The predicted molar refractivity (Wildman–Crippen MR) is 75.4 cm³/mol. The highest BCUT2D eigenvalue weighted by Gasteiger charge is 2.01. The highest BCUT2D eigenvalue weighted by atomic mass is 32.2. The van der Waals surface area contributed by atoms with Crippen molar-refractivity contribution in [1.29, 1.82) is 0 Å². The van der Waals surface area contributed by atoms with Crippen molar-refractivity contribution >= 4 is 28.2 Å². The molecule has 2 heteroatoms. The maximum Gasteiger partial charge on any atom is 0.0348 e. The van der Waals surface area contributed by atoms with Gasteiger partial charge in [-0.1, -0.05) is 30.3 Å². The summed E-state index contributed by atoms with van der Waals surface area (Å²) in [6, 6.07) is 15.5. The lowest BCUT2D eigenvalue weighted by atomic mass is 10.1. The number of hydrogen-bond donors (Lipinski definition) is 1. The standard InChI is InChI=1S/C14H17NS/c1-11(10-16-2)15-14-8-7-12-5-3-4-6-13(12)9-14/h3-9,11,15H,10H2,1-2H3. The number of nitrogens with one attached hydrogen (secondary N) is 1. The van der Waals surface area contributed by atoms with E-state index in [1.165, 1.54) is 16.5 Å². The Balaban J connectivity index is 2.19. The molecule has 0 heterocycles. The molecule has 1 unspecified atom stereocenters. The number of anilines is 1. The SMILES string of the molecule is CSCC(C)Nc1ccc2ccccc2c1. The van der Waals surface area contributed by atoms with Crippen molar-refractivity contribution in [3.63, 3.8) is 0 Å². The third-order valence-corrected chi connectivity index (χ3v) is 3.41. The van der Waals surface area contributed by atoms with Gasteiger partial charge in [0, 0.05) is 17.5 Å². The minimum atomic E-state index is 0.510. The van der Waals surface area contributed by atoms with Gasteiger partial charge in [-0.05, 0) is 36.1 Å². The van der Waals surface area contributed by atoms with E-state index in [1.54, 1.807) is 0 Å². The lowest BCUT2D eigenvalue weighted by molar-refractivity contribution is 0.915. The topological polar surface area (TPSA) is 12.0 Å². The molecule has 0 spiro atoms. The van der Waals surface area contributed by atoms with Crippen LogP contribution in [0.15, 0.2) is 42.5 Å². The van der Waals surface area contributed by atoms with Crippen LogP contribution in [0.3, 0.4) is 0 Å². The lowest BCUT2D eigenvalue weighted by Gasteiger charge is -2.14. The van der Waals surface area contributed by atoms with Gasteiger partial charge in [-0.25, -0.2) is 0 Å². The molecule has 0 aliphatic heterocycles. The van der Waals surface area contributed by atoms with Crippen molar-refractivity contribution in [3.8, 4) is 0 Å². The van der Waals surface area contributed by atoms with Gasteiger partial charge in [0.1, 0.15) is 0 Å². The molecule has 1 atom stereocenters. The fraction of sp³-hybridized carbons (Fsp3) is 0.286. The maximum atomic E-state index is 3.51. The number of thioether (sulfide) groups is 1. The van der Waals surface area contributed by atoms with E-state index in [0.717, 1.165) is 5.75 Å². The smallest absolute Gasteiger partial charge is 0.0348 e. The maximum absolute atomic E-state index is 3.51. The lowest BCUT2D eigenvalue weighted by Crippen LogP contribution is -2.17. The molecule has 0 saturated heterocycles. The van der Waals surface area contributed by atoms with Gasteiger partial charge < -0.3 is 5.32 Å². The van der Waals surface area contributed by atoms with Crippen LogP contribution in [-0.2, 0) is 0 Å². The zero-order valence-electron chi connectivity index (χ0n) is 9.73. The monoisotopic (exact) mass is 231 g/mol. The van der Waals surface area contributed by atoms with Crippen LogP contribution in [0, 0.1) is 0 Å². The van der Waals surface area contributed by atoms with Crippen LogP contribution in [0.2, 0.25) is 0 Å². The van der Waals surface area contributed by atoms with E-state index < -0.39 is 0 Å². The third kappa shape index (κ3) is 2.70. The third-order valence-electron chi connectivity index (χ3n) is 2.58. The van der Waals surface area contributed by atoms with Crippen LogP contribution in [0.25, 0.3) is 10.8 Å². The summed E-state index contributed by atoms with van der Waals surface area (Å²) < 4.78 is 0. The van der Waals surface area contributed by atoms with E-state index in [4.69, 9.17) is 0 Å². The van der Waals surface area contributed by atoms with Gasteiger partial charge in [0.25, 0.3) is 0 Å². The van der Waals surface area contributed by atoms with E-state index in [2.05, 4.69) is 61.0 Å². The van der Waals surface area contributed by atoms with E-state index in [0.29, 0.717) is 6.04 Å². The summed E-state index contributed by atoms with van der Waals surface area (Å²) in [7, 11) is 0. The fourth-order valence-corrected chi connectivity index (χ4v) is 2.44. The summed E-state index contributed by atoms with van der Waals surface area (Å²) in [6.07, 6.45) is 2.14. The second-order valence-corrected chi connectivity index (χ2v) is 4.97. The van der Waals surface area contributed by atoms with Crippen molar-refractivity contribution < 1.29 is 0 Å². The Hall–Kier alpha value is -1.15. The molecule has 0 radical (unpaired) electrons. The first-order chi connectivity index (χ1) is 7.79. The highest BCUT2D eigenvalue weighted by Crippen LogP contribution is 2.19. The Kier molecular flexibility index (Phi) is 3.73. The van der Waals surface area contributed by atoms with Crippen LogP contribution in [0.4, 0.5) is 5.69 Å². The predicted octanol–water partition coefficient (Wildman–Crippen LogP) is 4.00. The quantitative estimate of drug-likeness (QED) is 0.853. The molecule has 16 heavy (non-hydrogen) atoms. The summed E-state index contributed by atoms with van der Waals surface area (Å²) in [5.74, 6) is 1.13. The van der Waals surface area contributed by atoms with Gasteiger partial charge in [0.05, 0.1) is 0 Å². The van der Waals surface area contributed by atoms with Crippen molar-refractivity contribution in [2.24, 2.45) is 0 Å². The Labute approximate surface area is 101 Å². The Morgan fingerprint density at radius 3 is 2.62 bits per heavy atom. The zero-order valence-corrected chi connectivity index (χ0v) is 10.6. The highest BCUT2D eigenvalue weighted by molar-refractivity contribution is 7.98. The second kappa shape index (κ2) is 5.26. The molecule has 0 aromatic heterocycles. The van der Waals surface area contributed by atoms with Gasteiger partial charge in [0.15, 0.2) is 0 Å². The first-order valence-corrected chi connectivity index (χ1v) is 6.93. The molecule has 0 saturated carbocycles. The molecule has 2 aromatic rings. The number of fused-ring (bicyclic) bond motifs is 1. The minimum Gasteiger partial charge on any atom is -0.382 e. The number of rotatable bonds is 4. The van der Waals surface area contributed by atoms with Gasteiger partial charge in [-0.2, -0.15) is 11.8 Å². The molecule has 2 aromatic carbocycles. The van der Waals surface area contributed by atoms with Gasteiger partial charge >= 0.3 is 0 Å². The number of hydrogen-bond acceptors (Lipinski definition) is 2. The van der Waals surface area contributed by atoms with E-state index >= 15 is 0 Å². The Morgan fingerprint density at radius 2 is 1.88 bits per heavy atom. The Morgan fingerprint density at radius 1 is 1.12 bits per heavy atom. The molecular formula is C14H17NS. The van der Waals surface area contributed by atoms with E-state index in [9.17, 15) is 0 Å². The first-order valence-electron chi connectivity index (χ1n) is 5.54. The largest absolute Gasteiger partial charge is 0.382 e. The average molecular weight is 231 g/mol. The van der Waals surface area contributed by atoms with Gasteiger partial charge in [0.2, 0.25) is 0 Å². The minimum absolute atomic E-state index is 0.510. The van der Waals surface area contributed by atoms with Crippen molar-refractivity contribution in [2.75, 3.05) is 17.3 Å². The van der Waals surface area contributed by atoms with Crippen molar-refractivity contribution in [2.45, 2.75) is 13.0 Å². The summed E-state index contributed by atoms with van der Waals surface area (Å²) in [6.45, 7) is 2.21. The molecule has 1 nitrogen and oxygen atoms in total. The van der Waals surface area contributed by atoms with Crippen molar-refractivity contribution in [1.82, 2.24) is 0 Å². The van der Waals surface area contributed by atoms with Crippen LogP contribution < -0.4 is 5.32 Å².